The Morgan fingerprint density at radius 1 is 1.24 bits per heavy atom. The molecule has 1 aliphatic rings. The lowest BCUT2D eigenvalue weighted by Crippen LogP contribution is -2.13. The van der Waals surface area contributed by atoms with E-state index in [0.29, 0.717) is 13.2 Å². The molecular formula is C13H19ClO3. The van der Waals surface area contributed by atoms with Gasteiger partial charge in [0.15, 0.2) is 0 Å². The first-order chi connectivity index (χ1) is 8.29. The maximum Gasteiger partial charge on any atom is 0.403 e. The number of carbonyl (C=O) groups is 1. The Morgan fingerprint density at radius 3 is 2.88 bits per heavy atom. The molecule has 3 nitrogen and oxygen atoms in total. The second-order valence-electron chi connectivity index (χ2n) is 4.07. The molecule has 0 saturated carbocycles. The number of ether oxygens (including phenoxy) is 2. The molecule has 0 aromatic rings. The summed E-state index contributed by atoms with van der Waals surface area (Å²) in [6.07, 6.45) is 7.41. The maximum atomic E-state index is 10.3. The van der Waals surface area contributed by atoms with E-state index in [2.05, 4.69) is 16.6 Å². The van der Waals surface area contributed by atoms with Gasteiger partial charge in [0.2, 0.25) is 0 Å². The molecule has 0 aromatic heterocycles. The molecule has 0 amide bonds. The van der Waals surface area contributed by atoms with Gasteiger partial charge >= 0.3 is 5.43 Å². The highest BCUT2D eigenvalue weighted by Gasteiger charge is 2.06. The minimum Gasteiger partial charge on any atom is -0.454 e. The van der Waals surface area contributed by atoms with E-state index >= 15 is 0 Å². The molecule has 1 atom stereocenters. The third-order valence-corrected chi connectivity index (χ3v) is 2.71. The van der Waals surface area contributed by atoms with Gasteiger partial charge in [-0.2, -0.15) is 0 Å². The SMILES string of the molecule is O=C(Cl)OCCCCOC1C#CCCCCC1. The zero-order valence-electron chi connectivity index (χ0n) is 10.0. The largest absolute Gasteiger partial charge is 0.454 e. The van der Waals surface area contributed by atoms with Crippen molar-refractivity contribution in [3.63, 3.8) is 0 Å². The fraction of sp³-hybridized carbons (Fsp3) is 0.769. The fourth-order valence-electron chi connectivity index (χ4n) is 1.69. The molecule has 0 radical (unpaired) electrons. The summed E-state index contributed by atoms with van der Waals surface area (Å²) in [5.41, 5.74) is -0.739. The van der Waals surface area contributed by atoms with Crippen molar-refractivity contribution in [3.8, 4) is 11.8 Å². The average molecular weight is 259 g/mol. The van der Waals surface area contributed by atoms with Crippen molar-refractivity contribution in [2.45, 2.75) is 51.0 Å². The van der Waals surface area contributed by atoms with Gasteiger partial charge in [-0.25, -0.2) is 4.79 Å². The second-order valence-corrected chi connectivity index (χ2v) is 4.38. The van der Waals surface area contributed by atoms with E-state index in [0.717, 1.165) is 25.7 Å². The summed E-state index contributed by atoms with van der Waals surface area (Å²) in [6.45, 7) is 1.03. The van der Waals surface area contributed by atoms with Crippen molar-refractivity contribution in [2.24, 2.45) is 0 Å². The van der Waals surface area contributed by atoms with E-state index < -0.39 is 5.43 Å². The molecule has 1 rings (SSSR count). The first kappa shape index (κ1) is 14.3. The molecule has 4 heteroatoms. The van der Waals surface area contributed by atoms with Crippen LogP contribution in [0, 0.1) is 11.8 Å². The van der Waals surface area contributed by atoms with Gasteiger partial charge in [-0.3, -0.25) is 0 Å². The third kappa shape index (κ3) is 8.06. The van der Waals surface area contributed by atoms with Gasteiger partial charge < -0.3 is 9.47 Å². The molecule has 0 fully saturated rings. The van der Waals surface area contributed by atoms with Gasteiger partial charge in [0.05, 0.1) is 6.61 Å². The summed E-state index contributed by atoms with van der Waals surface area (Å²) >= 11 is 5.04. The molecule has 1 unspecified atom stereocenters. The summed E-state index contributed by atoms with van der Waals surface area (Å²) in [5, 5.41) is 0. The van der Waals surface area contributed by atoms with Crippen LogP contribution in [0.1, 0.15) is 44.9 Å². The zero-order valence-corrected chi connectivity index (χ0v) is 10.8. The van der Waals surface area contributed by atoms with E-state index in [1.54, 1.807) is 0 Å². The minimum absolute atomic E-state index is 0.0888. The van der Waals surface area contributed by atoms with Crippen molar-refractivity contribution in [1.82, 2.24) is 0 Å². The standard InChI is InChI=1S/C13H19ClO3/c14-13(15)17-11-7-6-10-16-12-8-4-2-1-3-5-9-12/h12H,1-4,6-8,10-11H2. The first-order valence-corrected chi connectivity index (χ1v) is 6.59. The number of unbranched alkanes of at least 4 members (excludes halogenated alkanes) is 1. The third-order valence-electron chi connectivity index (χ3n) is 2.60. The Balaban J connectivity index is 2.02. The number of hydrogen-bond acceptors (Lipinski definition) is 3. The van der Waals surface area contributed by atoms with E-state index in [4.69, 9.17) is 16.3 Å². The normalized spacial score (nSPS) is 19.7. The first-order valence-electron chi connectivity index (χ1n) is 6.21. The second kappa shape index (κ2) is 9.32. The summed E-state index contributed by atoms with van der Waals surface area (Å²) < 4.78 is 10.3. The molecular weight excluding hydrogens is 240 g/mol. The van der Waals surface area contributed by atoms with E-state index in [-0.39, 0.29) is 6.10 Å². The predicted octanol–water partition coefficient (Wildman–Crippen LogP) is 3.49. The predicted molar refractivity (Wildman–Crippen MR) is 67.0 cm³/mol. The van der Waals surface area contributed by atoms with Crippen molar-refractivity contribution >= 4 is 17.0 Å². The van der Waals surface area contributed by atoms with Gasteiger partial charge in [0, 0.05) is 24.6 Å². The highest BCUT2D eigenvalue weighted by atomic mass is 35.5. The Morgan fingerprint density at radius 2 is 2.06 bits per heavy atom. The quantitative estimate of drug-likeness (QED) is 0.416. The van der Waals surface area contributed by atoms with Crippen LogP contribution in [0.4, 0.5) is 4.79 Å². The lowest BCUT2D eigenvalue weighted by atomic mass is 10.1. The Kier molecular flexibility index (Phi) is 7.87. The lowest BCUT2D eigenvalue weighted by Gasteiger charge is -2.13. The van der Waals surface area contributed by atoms with Crippen LogP contribution in [0.5, 0.6) is 0 Å². The highest BCUT2D eigenvalue weighted by Crippen LogP contribution is 2.11. The van der Waals surface area contributed by atoms with E-state index in [9.17, 15) is 4.79 Å². The number of carbonyl (C=O) groups excluding carboxylic acids is 1. The van der Waals surface area contributed by atoms with E-state index in [1.807, 2.05) is 0 Å². The fourth-order valence-corrected chi connectivity index (χ4v) is 1.76. The van der Waals surface area contributed by atoms with Crippen molar-refractivity contribution in [3.05, 3.63) is 0 Å². The summed E-state index contributed by atoms with van der Waals surface area (Å²) in [6, 6.07) is 0. The topological polar surface area (TPSA) is 35.5 Å². The van der Waals surface area contributed by atoms with Crippen LogP contribution in [0.2, 0.25) is 0 Å². The number of hydrogen-bond donors (Lipinski definition) is 0. The Bertz CT molecular complexity index is 280. The van der Waals surface area contributed by atoms with Crippen LogP contribution >= 0.6 is 11.6 Å². The lowest BCUT2D eigenvalue weighted by molar-refractivity contribution is 0.0766. The van der Waals surface area contributed by atoms with Crippen molar-refractivity contribution in [2.75, 3.05) is 13.2 Å². The smallest absolute Gasteiger partial charge is 0.403 e. The van der Waals surface area contributed by atoms with Crippen LogP contribution < -0.4 is 0 Å². The molecule has 0 aliphatic heterocycles. The van der Waals surface area contributed by atoms with Gasteiger partial charge in [0.1, 0.15) is 6.10 Å². The monoisotopic (exact) mass is 258 g/mol. The molecule has 0 spiro atoms. The van der Waals surface area contributed by atoms with Crippen LogP contribution in [-0.2, 0) is 9.47 Å². The Hall–Kier alpha value is -0.720. The van der Waals surface area contributed by atoms with E-state index in [1.165, 1.54) is 19.3 Å². The van der Waals surface area contributed by atoms with Gasteiger partial charge in [-0.1, -0.05) is 12.3 Å². The van der Waals surface area contributed by atoms with Crippen LogP contribution in [0.3, 0.4) is 0 Å². The minimum atomic E-state index is -0.739. The summed E-state index contributed by atoms with van der Waals surface area (Å²) in [4.78, 5) is 10.3. The summed E-state index contributed by atoms with van der Waals surface area (Å²) in [5.74, 6) is 6.29. The number of rotatable bonds is 6. The molecule has 0 heterocycles. The molecule has 17 heavy (non-hydrogen) atoms. The van der Waals surface area contributed by atoms with Crippen molar-refractivity contribution in [1.29, 1.82) is 0 Å². The number of halogens is 1. The zero-order chi connectivity index (χ0) is 12.3. The maximum absolute atomic E-state index is 10.3. The van der Waals surface area contributed by atoms with Crippen LogP contribution in [0.15, 0.2) is 0 Å². The Labute approximate surface area is 108 Å². The molecule has 0 saturated heterocycles. The van der Waals surface area contributed by atoms with Crippen LogP contribution in [0.25, 0.3) is 0 Å². The van der Waals surface area contributed by atoms with Gasteiger partial charge in [0.25, 0.3) is 0 Å². The van der Waals surface area contributed by atoms with Crippen molar-refractivity contribution < 1.29 is 14.3 Å². The van der Waals surface area contributed by atoms with Gasteiger partial charge in [-0.15, -0.1) is 5.92 Å². The molecule has 0 N–H and O–H groups in total. The molecule has 0 aromatic carbocycles. The van der Waals surface area contributed by atoms with Crippen LogP contribution in [-0.4, -0.2) is 24.7 Å². The molecule has 1 aliphatic carbocycles. The molecule has 96 valence electrons. The summed E-state index contributed by atoms with van der Waals surface area (Å²) in [7, 11) is 0. The average Bonchev–Trinajstić information content (AvgIpc) is 2.25. The highest BCUT2D eigenvalue weighted by molar-refractivity contribution is 6.61. The van der Waals surface area contributed by atoms with Gasteiger partial charge in [-0.05, 0) is 32.1 Å². The molecule has 0 bridgehead atoms.